The molecule has 0 radical (unpaired) electrons. The fourth-order valence-electron chi connectivity index (χ4n) is 1.53. The largest absolute Gasteiger partial charge is 0.334 e. The Labute approximate surface area is 104 Å². The third-order valence-corrected chi connectivity index (χ3v) is 3.78. The lowest BCUT2D eigenvalue weighted by Crippen LogP contribution is -2.37. The second-order valence-electron chi connectivity index (χ2n) is 3.67. The lowest BCUT2D eigenvalue weighted by molar-refractivity contribution is 0.249. The molecule has 1 fully saturated rings. The topological polar surface area (TPSA) is 41.1 Å². The third kappa shape index (κ3) is 3.32. The van der Waals surface area contributed by atoms with Crippen LogP contribution in [0.4, 0.5) is 10.5 Å². The van der Waals surface area contributed by atoms with Crippen molar-refractivity contribution in [2.45, 2.75) is 12.5 Å². The van der Waals surface area contributed by atoms with Crippen LogP contribution in [-0.2, 0) is 0 Å². The van der Waals surface area contributed by atoms with E-state index in [1.54, 1.807) is 24.3 Å². The molecular weight excluding hydrogens is 244 g/mol. The number of hydrogen-bond acceptors (Lipinski definition) is 2. The molecule has 2 N–H and O–H groups in total. The van der Waals surface area contributed by atoms with Crippen LogP contribution in [0.5, 0.6) is 0 Å². The summed E-state index contributed by atoms with van der Waals surface area (Å²) in [6.45, 7) is 0. The monoisotopic (exact) mass is 256 g/mol. The van der Waals surface area contributed by atoms with E-state index in [4.69, 9.17) is 11.6 Å². The molecule has 1 heterocycles. The van der Waals surface area contributed by atoms with Gasteiger partial charge in [0.15, 0.2) is 0 Å². The van der Waals surface area contributed by atoms with Crippen molar-refractivity contribution in [2.75, 3.05) is 16.8 Å². The van der Waals surface area contributed by atoms with Crippen molar-refractivity contribution in [1.82, 2.24) is 5.32 Å². The molecular formula is C11H13ClN2OS. The Morgan fingerprint density at radius 2 is 2.12 bits per heavy atom. The van der Waals surface area contributed by atoms with E-state index in [1.807, 2.05) is 11.8 Å². The summed E-state index contributed by atoms with van der Waals surface area (Å²) in [4.78, 5) is 11.6. The number of rotatable bonds is 2. The molecule has 0 saturated carbocycles. The van der Waals surface area contributed by atoms with Crippen LogP contribution < -0.4 is 10.6 Å². The summed E-state index contributed by atoms with van der Waals surface area (Å²) >= 11 is 7.63. The Hall–Kier alpha value is -0.870. The number of benzene rings is 1. The zero-order chi connectivity index (χ0) is 11.4. The molecule has 2 rings (SSSR count). The highest BCUT2D eigenvalue weighted by Gasteiger charge is 2.17. The highest BCUT2D eigenvalue weighted by molar-refractivity contribution is 7.99. The fraction of sp³-hybridized carbons (Fsp3) is 0.364. The van der Waals surface area contributed by atoms with Gasteiger partial charge in [-0.3, -0.25) is 0 Å². The number of carbonyl (C=O) groups is 1. The van der Waals surface area contributed by atoms with Gasteiger partial charge in [0, 0.05) is 22.5 Å². The van der Waals surface area contributed by atoms with Gasteiger partial charge in [0.1, 0.15) is 0 Å². The maximum absolute atomic E-state index is 11.6. The Bertz CT molecular complexity index is 363. The van der Waals surface area contributed by atoms with Crippen LogP contribution in [0.2, 0.25) is 5.02 Å². The predicted octanol–water partition coefficient (Wildman–Crippen LogP) is 2.97. The molecule has 1 aliphatic rings. The average Bonchev–Trinajstić information content (AvgIpc) is 2.74. The molecule has 2 amide bonds. The van der Waals surface area contributed by atoms with Gasteiger partial charge in [-0.1, -0.05) is 11.6 Å². The minimum Gasteiger partial charge on any atom is -0.334 e. The molecule has 1 aliphatic heterocycles. The first-order valence-electron chi connectivity index (χ1n) is 5.15. The first-order chi connectivity index (χ1) is 7.74. The highest BCUT2D eigenvalue weighted by atomic mass is 35.5. The summed E-state index contributed by atoms with van der Waals surface area (Å²) in [5.74, 6) is 2.14. The van der Waals surface area contributed by atoms with Crippen LogP contribution >= 0.6 is 23.4 Å². The van der Waals surface area contributed by atoms with Crippen LogP contribution in [0.15, 0.2) is 24.3 Å². The van der Waals surface area contributed by atoms with Crippen molar-refractivity contribution in [3.05, 3.63) is 29.3 Å². The van der Waals surface area contributed by atoms with Gasteiger partial charge in [0.2, 0.25) is 0 Å². The number of nitrogens with one attached hydrogen (secondary N) is 2. The van der Waals surface area contributed by atoms with E-state index in [0.717, 1.165) is 23.6 Å². The highest BCUT2D eigenvalue weighted by Crippen LogP contribution is 2.17. The van der Waals surface area contributed by atoms with Gasteiger partial charge in [-0.15, -0.1) is 0 Å². The Morgan fingerprint density at radius 1 is 1.38 bits per heavy atom. The van der Waals surface area contributed by atoms with Gasteiger partial charge in [-0.05, 0) is 36.4 Å². The van der Waals surface area contributed by atoms with Crippen molar-refractivity contribution >= 4 is 35.1 Å². The minimum absolute atomic E-state index is 0.144. The van der Waals surface area contributed by atoms with Crippen LogP contribution in [-0.4, -0.2) is 23.6 Å². The van der Waals surface area contributed by atoms with Crippen LogP contribution in [0.25, 0.3) is 0 Å². The molecule has 5 heteroatoms. The smallest absolute Gasteiger partial charge is 0.319 e. The van der Waals surface area contributed by atoms with Crippen molar-refractivity contribution in [3.8, 4) is 0 Å². The number of amides is 2. The van der Waals surface area contributed by atoms with Gasteiger partial charge < -0.3 is 10.6 Å². The van der Waals surface area contributed by atoms with Gasteiger partial charge in [-0.25, -0.2) is 4.79 Å². The van der Waals surface area contributed by atoms with E-state index in [9.17, 15) is 4.79 Å². The number of hydrogen-bond donors (Lipinski definition) is 2. The van der Waals surface area contributed by atoms with Crippen LogP contribution in [0, 0.1) is 0 Å². The first kappa shape index (κ1) is 11.6. The van der Waals surface area contributed by atoms with E-state index in [-0.39, 0.29) is 6.03 Å². The first-order valence-corrected chi connectivity index (χ1v) is 6.68. The van der Waals surface area contributed by atoms with Crippen molar-refractivity contribution in [3.63, 3.8) is 0 Å². The molecule has 1 unspecified atom stereocenters. The Kier molecular flexibility index (Phi) is 3.96. The predicted molar refractivity (Wildman–Crippen MR) is 69.3 cm³/mol. The van der Waals surface area contributed by atoms with Crippen molar-refractivity contribution in [1.29, 1.82) is 0 Å². The summed E-state index contributed by atoms with van der Waals surface area (Å²) in [7, 11) is 0. The van der Waals surface area contributed by atoms with Crippen LogP contribution in [0.1, 0.15) is 6.42 Å². The molecule has 3 nitrogen and oxygen atoms in total. The summed E-state index contributed by atoms with van der Waals surface area (Å²) in [5.41, 5.74) is 0.757. The molecule has 86 valence electrons. The zero-order valence-electron chi connectivity index (χ0n) is 8.70. The molecule has 16 heavy (non-hydrogen) atoms. The SMILES string of the molecule is O=C(Nc1ccc(Cl)cc1)NC1CCSC1. The molecule has 0 aliphatic carbocycles. The maximum atomic E-state index is 11.6. The average molecular weight is 257 g/mol. The standard InChI is InChI=1S/C11H13ClN2OS/c12-8-1-3-9(4-2-8)13-11(15)14-10-5-6-16-7-10/h1-4,10H,5-7H2,(H2,13,14,15). The lowest BCUT2D eigenvalue weighted by atomic mass is 10.3. The zero-order valence-corrected chi connectivity index (χ0v) is 10.3. The molecule has 0 bridgehead atoms. The third-order valence-electron chi connectivity index (χ3n) is 2.37. The number of urea groups is 1. The Balaban J connectivity index is 1.84. The van der Waals surface area contributed by atoms with Gasteiger partial charge in [-0.2, -0.15) is 11.8 Å². The summed E-state index contributed by atoms with van der Waals surface area (Å²) < 4.78 is 0. The number of anilines is 1. The molecule has 0 aromatic heterocycles. The van der Waals surface area contributed by atoms with Crippen molar-refractivity contribution < 1.29 is 4.79 Å². The van der Waals surface area contributed by atoms with Gasteiger partial charge in [0.25, 0.3) is 0 Å². The molecule has 1 aromatic rings. The van der Waals surface area contributed by atoms with E-state index in [1.165, 1.54) is 0 Å². The lowest BCUT2D eigenvalue weighted by Gasteiger charge is -2.12. The van der Waals surface area contributed by atoms with Crippen LogP contribution in [0.3, 0.4) is 0 Å². The Morgan fingerprint density at radius 3 is 2.75 bits per heavy atom. The normalized spacial score (nSPS) is 19.4. The number of carbonyl (C=O) groups excluding carboxylic acids is 1. The molecule has 1 aromatic carbocycles. The summed E-state index contributed by atoms with van der Waals surface area (Å²) in [6.07, 6.45) is 1.05. The maximum Gasteiger partial charge on any atom is 0.319 e. The minimum atomic E-state index is -0.144. The number of thioether (sulfide) groups is 1. The molecule has 0 spiro atoms. The van der Waals surface area contributed by atoms with Gasteiger partial charge >= 0.3 is 6.03 Å². The fourth-order valence-corrected chi connectivity index (χ4v) is 2.81. The second-order valence-corrected chi connectivity index (χ2v) is 5.25. The summed E-state index contributed by atoms with van der Waals surface area (Å²) in [5, 5.41) is 6.38. The van der Waals surface area contributed by atoms with Crippen molar-refractivity contribution in [2.24, 2.45) is 0 Å². The number of halogens is 1. The van der Waals surface area contributed by atoms with Gasteiger partial charge in [0.05, 0.1) is 0 Å². The molecule has 1 atom stereocenters. The van der Waals surface area contributed by atoms with E-state index < -0.39 is 0 Å². The van der Waals surface area contributed by atoms with E-state index >= 15 is 0 Å². The van der Waals surface area contributed by atoms with E-state index in [0.29, 0.717) is 11.1 Å². The quantitative estimate of drug-likeness (QED) is 0.854. The summed E-state index contributed by atoms with van der Waals surface area (Å²) in [6, 6.07) is 7.23. The second kappa shape index (κ2) is 5.46. The molecule has 1 saturated heterocycles. The van der Waals surface area contributed by atoms with E-state index in [2.05, 4.69) is 10.6 Å².